The van der Waals surface area contributed by atoms with Gasteiger partial charge in [-0.05, 0) is 27.8 Å². The Morgan fingerprint density at radius 1 is 1.29 bits per heavy atom. The number of carboxylic acids is 1. The highest BCUT2D eigenvalue weighted by Crippen LogP contribution is 2.14. The molecule has 1 fully saturated rings. The third kappa shape index (κ3) is 3.89. The molecule has 1 aliphatic rings. The van der Waals surface area contributed by atoms with Gasteiger partial charge in [0.05, 0.1) is 6.54 Å². The van der Waals surface area contributed by atoms with Crippen molar-refractivity contribution in [2.45, 2.75) is 32.4 Å². The van der Waals surface area contributed by atoms with E-state index in [4.69, 9.17) is 9.84 Å². The van der Waals surface area contributed by atoms with Gasteiger partial charge >= 0.3 is 12.1 Å². The lowest BCUT2D eigenvalue weighted by atomic mass is 10.2. The van der Waals surface area contributed by atoms with Gasteiger partial charge in [0.25, 0.3) is 0 Å². The lowest BCUT2D eigenvalue weighted by Gasteiger charge is -2.37. The van der Waals surface area contributed by atoms with Crippen LogP contribution < -0.4 is 0 Å². The molecule has 0 aliphatic carbocycles. The monoisotopic (exact) mass is 244 g/mol. The number of carbonyl (C=O) groups excluding carboxylic acids is 1. The van der Waals surface area contributed by atoms with E-state index in [1.165, 1.54) is 4.90 Å². The van der Waals surface area contributed by atoms with E-state index in [1.54, 1.807) is 32.7 Å². The molecule has 0 spiro atoms. The van der Waals surface area contributed by atoms with Gasteiger partial charge in [-0.3, -0.25) is 9.69 Å². The van der Waals surface area contributed by atoms with Gasteiger partial charge in [0, 0.05) is 13.1 Å². The second-order valence-corrected chi connectivity index (χ2v) is 5.26. The fraction of sp³-hybridized carbons (Fsp3) is 0.818. The van der Waals surface area contributed by atoms with Gasteiger partial charge in [-0.1, -0.05) is 0 Å². The molecule has 0 aromatic rings. The van der Waals surface area contributed by atoms with E-state index in [-0.39, 0.29) is 6.54 Å². The minimum Gasteiger partial charge on any atom is -0.480 e. The number of carboxylic acid groups (broad SMARTS) is 1. The van der Waals surface area contributed by atoms with Crippen LogP contribution in [0.3, 0.4) is 0 Å². The van der Waals surface area contributed by atoms with Crippen molar-refractivity contribution in [3.8, 4) is 0 Å². The van der Waals surface area contributed by atoms with E-state index in [2.05, 4.69) is 0 Å². The first-order valence-electron chi connectivity index (χ1n) is 5.61. The Morgan fingerprint density at radius 2 is 1.88 bits per heavy atom. The van der Waals surface area contributed by atoms with Crippen molar-refractivity contribution in [2.24, 2.45) is 0 Å². The van der Waals surface area contributed by atoms with Gasteiger partial charge in [-0.2, -0.15) is 0 Å². The molecule has 1 amide bonds. The predicted molar refractivity (Wildman–Crippen MR) is 61.9 cm³/mol. The van der Waals surface area contributed by atoms with Crippen LogP contribution >= 0.6 is 0 Å². The summed E-state index contributed by atoms with van der Waals surface area (Å²) in [6, 6.07) is -0.656. The van der Waals surface area contributed by atoms with Crippen LogP contribution in [0.15, 0.2) is 0 Å². The third-order valence-electron chi connectivity index (χ3n) is 2.58. The van der Waals surface area contributed by atoms with Crippen molar-refractivity contribution in [1.29, 1.82) is 0 Å². The number of hydrogen-bond acceptors (Lipinski definition) is 4. The Labute approximate surface area is 101 Å². The highest BCUT2D eigenvalue weighted by Gasteiger charge is 2.33. The number of carbonyl (C=O) groups is 2. The summed E-state index contributed by atoms with van der Waals surface area (Å²) in [5.74, 6) is -0.916. The number of ether oxygens (including phenoxy) is 1. The fourth-order valence-corrected chi connectivity index (χ4v) is 1.63. The van der Waals surface area contributed by atoms with Crippen molar-refractivity contribution >= 4 is 12.1 Å². The standard InChI is InChI=1S/C11H20N2O4/c1-11(2,3)17-10(16)13-6-5-12(4)8(7-13)9(14)15/h8H,5-7H2,1-4H3,(H,14,15). The maximum atomic E-state index is 11.8. The molecule has 0 bridgehead atoms. The van der Waals surface area contributed by atoms with Crippen molar-refractivity contribution < 1.29 is 19.4 Å². The molecule has 1 rings (SSSR count). The summed E-state index contributed by atoms with van der Waals surface area (Å²) in [7, 11) is 1.74. The minimum absolute atomic E-state index is 0.167. The Hall–Kier alpha value is -1.30. The molecule has 1 unspecified atom stereocenters. The largest absolute Gasteiger partial charge is 0.480 e. The summed E-state index contributed by atoms with van der Waals surface area (Å²) in [6.45, 7) is 6.56. The molecule has 17 heavy (non-hydrogen) atoms. The summed E-state index contributed by atoms with van der Waals surface area (Å²) in [5.41, 5.74) is -0.556. The molecule has 6 heteroatoms. The van der Waals surface area contributed by atoms with E-state index < -0.39 is 23.7 Å². The molecule has 98 valence electrons. The quantitative estimate of drug-likeness (QED) is 0.732. The zero-order valence-electron chi connectivity index (χ0n) is 10.8. The number of nitrogens with zero attached hydrogens (tertiary/aromatic N) is 2. The van der Waals surface area contributed by atoms with Gasteiger partial charge in [-0.25, -0.2) is 4.79 Å². The van der Waals surface area contributed by atoms with Crippen LogP contribution in [0.2, 0.25) is 0 Å². The Bertz CT molecular complexity index is 311. The van der Waals surface area contributed by atoms with Crippen molar-refractivity contribution in [2.75, 3.05) is 26.7 Å². The van der Waals surface area contributed by atoms with Crippen LogP contribution in [0.25, 0.3) is 0 Å². The van der Waals surface area contributed by atoms with Crippen LogP contribution in [0, 0.1) is 0 Å². The molecule has 1 saturated heterocycles. The first kappa shape index (κ1) is 13.8. The van der Waals surface area contributed by atoms with Crippen LogP contribution in [-0.4, -0.2) is 65.3 Å². The average Bonchev–Trinajstić information content (AvgIpc) is 2.14. The Morgan fingerprint density at radius 3 is 2.35 bits per heavy atom. The highest BCUT2D eigenvalue weighted by molar-refractivity contribution is 5.76. The van der Waals surface area contributed by atoms with Crippen molar-refractivity contribution in [3.05, 3.63) is 0 Å². The Kier molecular flexibility index (Phi) is 3.98. The first-order chi connectivity index (χ1) is 7.70. The smallest absolute Gasteiger partial charge is 0.410 e. The average molecular weight is 244 g/mol. The zero-order valence-corrected chi connectivity index (χ0v) is 10.8. The molecule has 6 nitrogen and oxygen atoms in total. The lowest BCUT2D eigenvalue weighted by Crippen LogP contribution is -2.56. The molecular weight excluding hydrogens is 224 g/mol. The predicted octanol–water partition coefficient (Wildman–Crippen LogP) is 0.622. The number of hydrogen-bond donors (Lipinski definition) is 1. The molecule has 0 aromatic carbocycles. The summed E-state index contributed by atoms with van der Waals surface area (Å²) in [5, 5.41) is 9.02. The van der Waals surface area contributed by atoms with Crippen LogP contribution in [-0.2, 0) is 9.53 Å². The molecule has 1 heterocycles. The Balaban J connectivity index is 2.62. The molecule has 0 saturated carbocycles. The fourth-order valence-electron chi connectivity index (χ4n) is 1.63. The van der Waals surface area contributed by atoms with Crippen LogP contribution in [0.4, 0.5) is 4.79 Å². The second kappa shape index (κ2) is 4.91. The van der Waals surface area contributed by atoms with Gasteiger partial charge in [0.1, 0.15) is 11.6 Å². The lowest BCUT2D eigenvalue weighted by molar-refractivity contribution is -0.144. The minimum atomic E-state index is -0.916. The van der Waals surface area contributed by atoms with Gasteiger partial charge in [0.15, 0.2) is 0 Å². The van der Waals surface area contributed by atoms with Crippen molar-refractivity contribution in [1.82, 2.24) is 9.80 Å². The van der Waals surface area contributed by atoms with E-state index in [9.17, 15) is 9.59 Å². The number of amides is 1. The van der Waals surface area contributed by atoms with Crippen LogP contribution in [0.5, 0.6) is 0 Å². The maximum Gasteiger partial charge on any atom is 0.410 e. The second-order valence-electron chi connectivity index (χ2n) is 5.26. The van der Waals surface area contributed by atoms with E-state index in [0.29, 0.717) is 13.1 Å². The van der Waals surface area contributed by atoms with Crippen molar-refractivity contribution in [3.63, 3.8) is 0 Å². The SMILES string of the molecule is CN1CCN(C(=O)OC(C)(C)C)CC1C(=O)O. The van der Waals surface area contributed by atoms with E-state index >= 15 is 0 Å². The molecule has 1 N–H and O–H groups in total. The topological polar surface area (TPSA) is 70.1 Å². The van der Waals surface area contributed by atoms with Gasteiger partial charge in [-0.15, -0.1) is 0 Å². The maximum absolute atomic E-state index is 11.8. The summed E-state index contributed by atoms with van der Waals surface area (Å²) in [4.78, 5) is 26.0. The number of piperazine rings is 1. The normalized spacial score (nSPS) is 22.4. The highest BCUT2D eigenvalue weighted by atomic mass is 16.6. The zero-order chi connectivity index (χ0) is 13.2. The van der Waals surface area contributed by atoms with Crippen LogP contribution in [0.1, 0.15) is 20.8 Å². The molecule has 1 aliphatic heterocycles. The third-order valence-corrected chi connectivity index (χ3v) is 2.58. The molecule has 0 radical (unpaired) electrons. The summed E-state index contributed by atoms with van der Waals surface area (Å²) in [6.07, 6.45) is -0.447. The van der Waals surface area contributed by atoms with E-state index in [0.717, 1.165) is 0 Å². The van der Waals surface area contributed by atoms with Gasteiger partial charge < -0.3 is 14.7 Å². The number of aliphatic carboxylic acids is 1. The molecule has 0 aromatic heterocycles. The summed E-state index contributed by atoms with van der Waals surface area (Å²) >= 11 is 0. The number of rotatable bonds is 1. The first-order valence-corrected chi connectivity index (χ1v) is 5.61. The molecular formula is C11H20N2O4. The van der Waals surface area contributed by atoms with Gasteiger partial charge in [0.2, 0.25) is 0 Å². The summed E-state index contributed by atoms with van der Waals surface area (Å²) < 4.78 is 5.22. The number of likely N-dealkylation sites (N-methyl/N-ethyl adjacent to an activating group) is 1. The van der Waals surface area contributed by atoms with E-state index in [1.807, 2.05) is 0 Å². The molecule has 1 atom stereocenters.